The Bertz CT molecular complexity index is 3540. The van der Waals surface area contributed by atoms with E-state index in [0.717, 1.165) is 78.4 Å². The summed E-state index contributed by atoms with van der Waals surface area (Å²) in [5.41, 5.74) is 19.6. The maximum absolute atomic E-state index is 14.2. The quantitative estimate of drug-likeness (QED) is 0.135. The summed E-state index contributed by atoms with van der Waals surface area (Å²) in [5.74, 6) is -0.109. The Labute approximate surface area is 413 Å². The van der Waals surface area contributed by atoms with Gasteiger partial charge in [0.2, 0.25) is 0 Å². The zero-order chi connectivity index (χ0) is 48.1. The largest absolute Gasteiger partial charge is 0.416 e. The van der Waals surface area contributed by atoms with E-state index >= 15 is 0 Å². The van der Waals surface area contributed by atoms with Gasteiger partial charge in [0.05, 0.1) is 23.0 Å². The second kappa shape index (κ2) is 18.0. The van der Waals surface area contributed by atoms with Crippen LogP contribution in [0.2, 0.25) is 0 Å². The van der Waals surface area contributed by atoms with E-state index in [1.165, 1.54) is 34.4 Å². The van der Waals surface area contributed by atoms with Gasteiger partial charge in [0.15, 0.2) is 0 Å². The third-order valence-electron chi connectivity index (χ3n) is 14.1. The maximum Gasteiger partial charge on any atom is 0.416 e. The molecule has 0 fully saturated rings. The minimum Gasteiger partial charge on any atom is -0.330 e. The fraction of sp³-hybridized carbons (Fsp3) is 0.0606. The second-order valence-corrected chi connectivity index (χ2v) is 18.4. The van der Waals surface area contributed by atoms with Crippen LogP contribution >= 0.6 is 0 Å². The third-order valence-corrected chi connectivity index (χ3v) is 14.1. The van der Waals surface area contributed by atoms with Crippen LogP contribution < -0.4 is 9.80 Å². The summed E-state index contributed by atoms with van der Waals surface area (Å²) in [5, 5.41) is 0. The summed E-state index contributed by atoms with van der Waals surface area (Å²) in [4.78, 5) is 4.64. The molecule has 0 aliphatic heterocycles. The first-order valence-corrected chi connectivity index (χ1v) is 24.0. The number of hydrogen-bond donors (Lipinski definition) is 0. The van der Waals surface area contributed by atoms with Gasteiger partial charge in [-0.1, -0.05) is 194 Å². The Kier molecular flexibility index (Phi) is 11.1. The Morgan fingerprint density at radius 2 is 0.986 bits per heavy atom. The molecule has 0 saturated heterocycles. The van der Waals surface area contributed by atoms with E-state index in [1.807, 2.05) is 42.5 Å². The van der Waals surface area contributed by atoms with E-state index in [2.05, 4.69) is 205 Å². The van der Waals surface area contributed by atoms with Crippen LogP contribution in [0.15, 0.2) is 288 Å². The third kappa shape index (κ3) is 8.09. The Morgan fingerprint density at radius 1 is 0.451 bits per heavy atom. The smallest absolute Gasteiger partial charge is 0.330 e. The van der Waals surface area contributed by atoms with Crippen LogP contribution in [0, 0.1) is 12.8 Å². The van der Waals surface area contributed by atoms with Crippen LogP contribution in [0.3, 0.4) is 0 Å². The van der Waals surface area contributed by atoms with Gasteiger partial charge in [-0.2, -0.15) is 13.2 Å². The molecule has 0 spiro atoms. The normalized spacial score (nSPS) is 16.6. The van der Waals surface area contributed by atoms with Gasteiger partial charge in [-0.15, -0.1) is 0 Å². The molecule has 12 rings (SSSR count). The van der Waals surface area contributed by atoms with E-state index in [0.29, 0.717) is 5.69 Å². The van der Waals surface area contributed by atoms with Crippen LogP contribution in [-0.4, -0.2) is 6.04 Å². The van der Waals surface area contributed by atoms with Crippen molar-refractivity contribution in [1.29, 1.82) is 0 Å². The van der Waals surface area contributed by atoms with Gasteiger partial charge in [-0.25, -0.2) is 0 Å². The summed E-state index contributed by atoms with van der Waals surface area (Å²) in [6, 6.07) is 69.0. The van der Waals surface area contributed by atoms with Crippen molar-refractivity contribution >= 4 is 22.7 Å². The summed E-state index contributed by atoms with van der Waals surface area (Å²) < 4.78 is 42.6. The van der Waals surface area contributed by atoms with E-state index in [4.69, 9.17) is 0 Å². The molecule has 342 valence electrons. The Morgan fingerprint density at radius 3 is 1.56 bits per heavy atom. The molecule has 0 bridgehead atoms. The molecule has 0 heterocycles. The first-order chi connectivity index (χ1) is 34.8. The van der Waals surface area contributed by atoms with E-state index in [9.17, 15) is 13.2 Å². The fourth-order valence-electron chi connectivity index (χ4n) is 10.7. The van der Waals surface area contributed by atoms with E-state index < -0.39 is 11.7 Å². The highest BCUT2D eigenvalue weighted by Crippen LogP contribution is 2.53. The van der Waals surface area contributed by atoms with Gasteiger partial charge in [-0.05, 0) is 135 Å². The lowest BCUT2D eigenvalue weighted by Gasteiger charge is -2.44. The molecule has 2 nitrogen and oxygen atoms in total. The number of aryl methyl sites for hydroxylation is 1. The van der Waals surface area contributed by atoms with Crippen LogP contribution in [0.4, 0.5) is 35.9 Å². The van der Waals surface area contributed by atoms with Gasteiger partial charge in [0.25, 0.3) is 0 Å². The molecule has 71 heavy (non-hydrogen) atoms. The van der Waals surface area contributed by atoms with Crippen molar-refractivity contribution in [2.45, 2.75) is 19.1 Å². The molecule has 2 atom stereocenters. The Hall–Kier alpha value is -8.67. The lowest BCUT2D eigenvalue weighted by molar-refractivity contribution is -0.137. The second-order valence-electron chi connectivity index (χ2n) is 18.4. The number of hydrogen-bond acceptors (Lipinski definition) is 2. The molecular formula is C66H47F3N2. The van der Waals surface area contributed by atoms with Crippen molar-refractivity contribution in [1.82, 2.24) is 0 Å². The first-order valence-electron chi connectivity index (χ1n) is 24.0. The number of alkyl halides is 3. The molecule has 8 aromatic carbocycles. The van der Waals surface area contributed by atoms with E-state index in [-0.39, 0.29) is 12.0 Å². The van der Waals surface area contributed by atoms with Gasteiger partial charge < -0.3 is 9.80 Å². The van der Waals surface area contributed by atoms with Gasteiger partial charge in [0, 0.05) is 34.1 Å². The molecule has 0 amide bonds. The monoisotopic (exact) mass is 924 g/mol. The van der Waals surface area contributed by atoms with E-state index in [1.54, 1.807) is 12.1 Å². The molecule has 0 N–H and O–H groups in total. The van der Waals surface area contributed by atoms with Gasteiger partial charge in [-0.3, -0.25) is 0 Å². The number of nitrogens with zero attached hydrogens (tertiary/aromatic N) is 2. The molecule has 4 aliphatic carbocycles. The number of allylic oxidation sites excluding steroid dienone is 10. The minimum absolute atomic E-state index is 0.109. The highest BCUT2D eigenvalue weighted by molar-refractivity contribution is 5.91. The lowest BCUT2D eigenvalue weighted by Crippen LogP contribution is -2.37. The summed E-state index contributed by atoms with van der Waals surface area (Å²) in [6.45, 7) is 2.12. The van der Waals surface area contributed by atoms with Crippen LogP contribution in [-0.2, 0) is 6.18 Å². The molecule has 5 heteroatoms. The molecule has 4 aliphatic rings. The van der Waals surface area contributed by atoms with Gasteiger partial charge in [0.1, 0.15) is 0 Å². The molecular weight excluding hydrogens is 878 g/mol. The average Bonchev–Trinajstić information content (AvgIpc) is 3.42. The summed E-state index contributed by atoms with van der Waals surface area (Å²) in [6.07, 6.45) is 13.4. The SMILES string of the molecule is Cc1ccc(N(C2=C3C=CC4=C5C(=CC=C(C=C2)C35)C(N(c2ccc(C(F)(F)F)cc2)c2ccc(-c3ccccc3)cc2-c2ccccc2)C=C4)c2ccc(-c3ccccc3)cc2-c2ccccc2)cc1. The molecule has 0 aromatic heterocycles. The molecule has 0 saturated carbocycles. The number of anilines is 4. The van der Waals surface area contributed by atoms with Crippen molar-refractivity contribution in [3.05, 3.63) is 300 Å². The standard InChI is InChI=1S/C66H47F3N2/c1-44-22-32-54(33-23-44)70(62-40-28-51(45-14-6-2-7-15-45)42-58(62)47-18-10-4-11-19-47)60-38-26-49-25-37-57-61(39-27-50-24-36-56(60)64(49)65(50)57)71(55-34-30-53(31-35-55)66(67,68)69)63-41-29-52(46-16-8-3-9-17-46)43-59(63)48-20-12-5-13-21-48/h2-43,61,64H,1H3. The lowest BCUT2D eigenvalue weighted by atomic mass is 9.67. The number of halogens is 3. The van der Waals surface area contributed by atoms with Crippen LogP contribution in [0.25, 0.3) is 44.5 Å². The van der Waals surface area contributed by atoms with Crippen LogP contribution in [0.1, 0.15) is 11.1 Å². The topological polar surface area (TPSA) is 6.48 Å². The molecule has 2 unspecified atom stereocenters. The zero-order valence-corrected chi connectivity index (χ0v) is 38.9. The average molecular weight is 925 g/mol. The fourth-order valence-corrected chi connectivity index (χ4v) is 10.7. The summed E-state index contributed by atoms with van der Waals surface area (Å²) in [7, 11) is 0. The maximum atomic E-state index is 14.2. The predicted octanol–water partition coefficient (Wildman–Crippen LogP) is 17.8. The van der Waals surface area contributed by atoms with Crippen molar-refractivity contribution in [2.75, 3.05) is 9.80 Å². The van der Waals surface area contributed by atoms with Crippen molar-refractivity contribution in [3.8, 4) is 44.5 Å². The number of rotatable bonds is 10. The zero-order valence-electron chi connectivity index (χ0n) is 38.9. The van der Waals surface area contributed by atoms with Crippen molar-refractivity contribution < 1.29 is 13.2 Å². The summed E-state index contributed by atoms with van der Waals surface area (Å²) >= 11 is 0. The minimum atomic E-state index is -4.48. The van der Waals surface area contributed by atoms with Crippen molar-refractivity contribution in [2.24, 2.45) is 5.92 Å². The van der Waals surface area contributed by atoms with Gasteiger partial charge >= 0.3 is 6.18 Å². The predicted molar refractivity (Wildman–Crippen MR) is 286 cm³/mol. The first kappa shape index (κ1) is 43.6. The van der Waals surface area contributed by atoms with Crippen LogP contribution in [0.5, 0.6) is 0 Å². The molecule has 0 radical (unpaired) electrons. The highest BCUT2D eigenvalue weighted by Gasteiger charge is 2.41. The highest BCUT2D eigenvalue weighted by atomic mass is 19.4. The Balaban J connectivity index is 1.02. The van der Waals surface area contributed by atoms with Crippen molar-refractivity contribution in [3.63, 3.8) is 0 Å². The molecule has 8 aromatic rings. The number of benzene rings is 8.